The number of halogens is 3. The maximum absolute atomic E-state index is 12.4. The van der Waals surface area contributed by atoms with Crippen LogP contribution in [0, 0.1) is 20.8 Å². The molecule has 0 saturated carbocycles. The van der Waals surface area contributed by atoms with Gasteiger partial charge in [-0.05, 0) is 61.7 Å². The lowest BCUT2D eigenvalue weighted by atomic mass is 10.1. The van der Waals surface area contributed by atoms with Crippen molar-refractivity contribution in [2.45, 2.75) is 20.8 Å². The van der Waals surface area contributed by atoms with E-state index in [9.17, 15) is 9.59 Å². The Labute approximate surface area is 195 Å². The van der Waals surface area contributed by atoms with E-state index in [1.165, 1.54) is 12.1 Å². The van der Waals surface area contributed by atoms with Gasteiger partial charge in [-0.25, -0.2) is 4.79 Å². The fourth-order valence-corrected chi connectivity index (χ4v) is 3.78. The van der Waals surface area contributed by atoms with Crippen LogP contribution >= 0.6 is 34.8 Å². The molecular formula is C23H19Cl3N2O3. The van der Waals surface area contributed by atoms with Crippen LogP contribution in [0.4, 0.5) is 10.5 Å². The lowest BCUT2D eigenvalue weighted by Crippen LogP contribution is -2.34. The largest absolute Gasteiger partial charge is 0.455 e. The van der Waals surface area contributed by atoms with Crippen LogP contribution in [-0.2, 0) is 0 Å². The third kappa shape index (κ3) is 5.13. The lowest BCUT2D eigenvalue weighted by Gasteiger charge is -2.17. The van der Waals surface area contributed by atoms with Gasteiger partial charge in [-0.1, -0.05) is 59.1 Å². The number of imide groups is 1. The molecule has 0 heterocycles. The first-order valence-electron chi connectivity index (χ1n) is 9.28. The van der Waals surface area contributed by atoms with Crippen molar-refractivity contribution < 1.29 is 14.3 Å². The van der Waals surface area contributed by atoms with Crippen LogP contribution in [0.2, 0.25) is 15.1 Å². The summed E-state index contributed by atoms with van der Waals surface area (Å²) >= 11 is 18.6. The summed E-state index contributed by atoms with van der Waals surface area (Å²) in [4.78, 5) is 24.8. The average molecular weight is 478 g/mol. The normalized spacial score (nSPS) is 10.5. The molecule has 0 aromatic heterocycles. The predicted molar refractivity (Wildman–Crippen MR) is 125 cm³/mol. The van der Waals surface area contributed by atoms with Gasteiger partial charge in [-0.3, -0.25) is 10.1 Å². The highest BCUT2D eigenvalue weighted by Gasteiger charge is 2.19. The number of carbonyl (C=O) groups is 2. The Morgan fingerprint density at radius 1 is 0.871 bits per heavy atom. The monoisotopic (exact) mass is 476 g/mol. The molecule has 3 aromatic rings. The summed E-state index contributed by atoms with van der Waals surface area (Å²) in [5, 5.41) is 5.51. The third-order valence-electron chi connectivity index (χ3n) is 4.62. The van der Waals surface area contributed by atoms with Gasteiger partial charge in [0.2, 0.25) is 0 Å². The summed E-state index contributed by atoms with van der Waals surface area (Å²) in [5.41, 5.74) is 2.74. The molecule has 2 N–H and O–H groups in total. The van der Waals surface area contributed by atoms with Crippen LogP contribution in [0.5, 0.6) is 11.5 Å². The van der Waals surface area contributed by atoms with Crippen molar-refractivity contribution in [1.29, 1.82) is 0 Å². The summed E-state index contributed by atoms with van der Waals surface area (Å²) in [7, 11) is 0. The molecular weight excluding hydrogens is 459 g/mol. The number of aryl methyl sites for hydroxylation is 2. The van der Waals surface area contributed by atoms with Crippen LogP contribution in [0.15, 0.2) is 48.5 Å². The van der Waals surface area contributed by atoms with Gasteiger partial charge in [0.1, 0.15) is 11.5 Å². The fourth-order valence-electron chi connectivity index (χ4n) is 2.92. The maximum atomic E-state index is 12.4. The standard InChI is InChI=1S/C23H19Cl3N2O3/c1-12-7-4-5-10-18(12)31-21-13(2)11-17(14(3)20(21)26)27-23(30)28-22(29)19-15(24)8-6-9-16(19)25/h4-11H,1-3H3,(H2,27,28,29,30). The van der Waals surface area contributed by atoms with Crippen molar-refractivity contribution in [3.05, 3.63) is 85.9 Å². The fraction of sp³-hybridized carbons (Fsp3) is 0.130. The molecule has 3 aromatic carbocycles. The molecule has 3 rings (SSSR count). The minimum Gasteiger partial charge on any atom is -0.455 e. The molecule has 31 heavy (non-hydrogen) atoms. The number of urea groups is 1. The van der Waals surface area contributed by atoms with Crippen LogP contribution in [0.1, 0.15) is 27.0 Å². The number of hydrogen-bond acceptors (Lipinski definition) is 3. The summed E-state index contributed by atoms with van der Waals surface area (Å²) in [6, 6.07) is 13.2. The molecule has 3 amide bonds. The summed E-state index contributed by atoms with van der Waals surface area (Å²) in [6.07, 6.45) is 0. The molecule has 0 bridgehead atoms. The molecule has 0 unspecified atom stereocenters. The molecule has 5 nitrogen and oxygen atoms in total. The van der Waals surface area contributed by atoms with Gasteiger partial charge in [-0.2, -0.15) is 0 Å². The highest BCUT2D eigenvalue weighted by atomic mass is 35.5. The smallest absolute Gasteiger partial charge is 0.326 e. The quantitative estimate of drug-likeness (QED) is 0.413. The van der Waals surface area contributed by atoms with Crippen molar-refractivity contribution in [2.24, 2.45) is 0 Å². The number of hydrogen-bond donors (Lipinski definition) is 2. The number of para-hydroxylation sites is 1. The molecule has 160 valence electrons. The first kappa shape index (κ1) is 22.9. The molecule has 0 fully saturated rings. The summed E-state index contributed by atoms with van der Waals surface area (Å²) < 4.78 is 6.02. The topological polar surface area (TPSA) is 67.4 Å². The Bertz CT molecular complexity index is 1160. The van der Waals surface area contributed by atoms with Crippen LogP contribution < -0.4 is 15.4 Å². The number of ether oxygens (including phenoxy) is 1. The van der Waals surface area contributed by atoms with E-state index in [4.69, 9.17) is 39.5 Å². The van der Waals surface area contributed by atoms with Gasteiger partial charge >= 0.3 is 6.03 Å². The zero-order chi connectivity index (χ0) is 22.7. The first-order valence-corrected chi connectivity index (χ1v) is 10.4. The number of rotatable bonds is 4. The highest BCUT2D eigenvalue weighted by Crippen LogP contribution is 2.39. The Morgan fingerprint density at radius 2 is 1.52 bits per heavy atom. The van der Waals surface area contributed by atoms with Crippen molar-refractivity contribution in [3.63, 3.8) is 0 Å². The zero-order valence-electron chi connectivity index (χ0n) is 17.0. The summed E-state index contributed by atoms with van der Waals surface area (Å²) in [6.45, 7) is 5.50. The first-order chi connectivity index (χ1) is 14.7. The van der Waals surface area contributed by atoms with Crippen LogP contribution in [-0.4, -0.2) is 11.9 Å². The van der Waals surface area contributed by atoms with Crippen molar-refractivity contribution >= 4 is 52.4 Å². The predicted octanol–water partition coefficient (Wildman–Crippen LogP) is 7.33. The average Bonchev–Trinajstić information content (AvgIpc) is 2.70. The number of carbonyl (C=O) groups excluding carboxylic acids is 2. The maximum Gasteiger partial charge on any atom is 0.326 e. The summed E-state index contributed by atoms with van der Waals surface area (Å²) in [5.74, 6) is 0.471. The van der Waals surface area contributed by atoms with Crippen molar-refractivity contribution in [3.8, 4) is 11.5 Å². The van der Waals surface area contributed by atoms with E-state index in [1.807, 2.05) is 38.1 Å². The van der Waals surface area contributed by atoms with Gasteiger partial charge in [0.05, 0.1) is 20.6 Å². The number of anilines is 1. The van der Waals surface area contributed by atoms with E-state index < -0.39 is 11.9 Å². The molecule has 0 aliphatic rings. The van der Waals surface area contributed by atoms with Gasteiger partial charge in [0.15, 0.2) is 0 Å². The Kier molecular flexibility index (Phi) is 7.11. The third-order valence-corrected chi connectivity index (χ3v) is 5.71. The van der Waals surface area contributed by atoms with E-state index in [0.29, 0.717) is 27.8 Å². The number of nitrogens with one attached hydrogen (secondary N) is 2. The van der Waals surface area contributed by atoms with Crippen LogP contribution in [0.3, 0.4) is 0 Å². The van der Waals surface area contributed by atoms with E-state index in [-0.39, 0.29) is 15.6 Å². The zero-order valence-corrected chi connectivity index (χ0v) is 19.2. The molecule has 8 heteroatoms. The van der Waals surface area contributed by atoms with Crippen molar-refractivity contribution in [1.82, 2.24) is 5.32 Å². The Balaban J connectivity index is 1.80. The molecule has 0 aliphatic heterocycles. The van der Waals surface area contributed by atoms with Gasteiger partial charge < -0.3 is 10.1 Å². The Hall–Kier alpha value is -2.73. The van der Waals surface area contributed by atoms with E-state index in [1.54, 1.807) is 19.1 Å². The lowest BCUT2D eigenvalue weighted by molar-refractivity contribution is 0.0967. The molecule has 0 radical (unpaired) electrons. The second-order valence-corrected chi connectivity index (χ2v) is 8.07. The van der Waals surface area contributed by atoms with E-state index in [2.05, 4.69) is 10.6 Å². The minimum absolute atomic E-state index is 0.0221. The highest BCUT2D eigenvalue weighted by molar-refractivity contribution is 6.40. The molecule has 0 saturated heterocycles. The SMILES string of the molecule is Cc1ccccc1Oc1c(C)cc(NC(=O)NC(=O)c2c(Cl)cccc2Cl)c(C)c1Cl. The minimum atomic E-state index is -0.743. The van der Waals surface area contributed by atoms with Gasteiger partial charge in [0.25, 0.3) is 5.91 Å². The van der Waals surface area contributed by atoms with Gasteiger partial charge in [0, 0.05) is 5.69 Å². The van der Waals surface area contributed by atoms with E-state index >= 15 is 0 Å². The van der Waals surface area contributed by atoms with E-state index in [0.717, 1.165) is 11.1 Å². The number of benzene rings is 3. The molecule has 0 aliphatic carbocycles. The second-order valence-electron chi connectivity index (χ2n) is 6.88. The molecule has 0 spiro atoms. The Morgan fingerprint density at radius 3 is 2.16 bits per heavy atom. The van der Waals surface area contributed by atoms with Crippen molar-refractivity contribution in [2.75, 3.05) is 5.32 Å². The second kappa shape index (κ2) is 9.60. The van der Waals surface area contributed by atoms with Crippen LogP contribution in [0.25, 0.3) is 0 Å². The van der Waals surface area contributed by atoms with Gasteiger partial charge in [-0.15, -0.1) is 0 Å². The number of amides is 3. The molecule has 0 atom stereocenters.